The molecule has 78 valence electrons. The van der Waals surface area contributed by atoms with Crippen molar-refractivity contribution in [3.63, 3.8) is 0 Å². The summed E-state index contributed by atoms with van der Waals surface area (Å²) >= 11 is 0. The van der Waals surface area contributed by atoms with Crippen LogP contribution in [0, 0.1) is 0 Å². The lowest BCUT2D eigenvalue weighted by Crippen LogP contribution is -1.99. The number of rotatable bonds is 1. The van der Waals surface area contributed by atoms with E-state index in [1.165, 1.54) is 6.07 Å². The first-order valence-corrected chi connectivity index (χ1v) is 5.69. The third-order valence-electron chi connectivity index (χ3n) is 2.19. The van der Waals surface area contributed by atoms with Crippen LogP contribution in [0.25, 0.3) is 10.8 Å². The molecule has 0 spiro atoms. The maximum atomic E-state index is 11.1. The van der Waals surface area contributed by atoms with Gasteiger partial charge in [0.2, 0.25) is 0 Å². The van der Waals surface area contributed by atoms with Crippen LogP contribution in [0.1, 0.15) is 0 Å². The average molecular weight is 223 g/mol. The quantitative estimate of drug-likeness (QED) is 0.569. The van der Waals surface area contributed by atoms with Crippen molar-refractivity contribution in [3.8, 4) is 0 Å². The van der Waals surface area contributed by atoms with Crippen molar-refractivity contribution in [1.82, 2.24) is 0 Å². The van der Waals surface area contributed by atoms with E-state index >= 15 is 0 Å². The number of fused-ring (bicyclic) bond motifs is 1. The van der Waals surface area contributed by atoms with Crippen molar-refractivity contribution in [2.24, 2.45) is 0 Å². The molecule has 0 aromatic heterocycles. The number of hydrogen-bond acceptors (Lipinski definition) is 3. The summed E-state index contributed by atoms with van der Waals surface area (Å²) in [7, 11) is -4.20. The summed E-state index contributed by atoms with van der Waals surface area (Å²) < 4.78 is 31.2. The number of nitrogens with two attached hydrogens (primary N) is 1. The lowest BCUT2D eigenvalue weighted by Gasteiger charge is -2.05. The summed E-state index contributed by atoms with van der Waals surface area (Å²) in [5.41, 5.74) is 6.18. The highest BCUT2D eigenvalue weighted by molar-refractivity contribution is 7.86. The summed E-state index contributed by atoms with van der Waals surface area (Å²) in [5.74, 6) is 0. The van der Waals surface area contributed by atoms with E-state index in [0.717, 1.165) is 0 Å². The van der Waals surface area contributed by atoms with Crippen molar-refractivity contribution >= 4 is 26.6 Å². The maximum absolute atomic E-state index is 11.1. The van der Waals surface area contributed by atoms with Gasteiger partial charge in [-0.15, -0.1) is 0 Å². The number of hydrogen-bond donors (Lipinski definition) is 2. The van der Waals surface area contributed by atoms with Crippen LogP contribution in [0.2, 0.25) is 0 Å². The third-order valence-corrected chi connectivity index (χ3v) is 3.11. The van der Waals surface area contributed by atoms with Gasteiger partial charge in [-0.05, 0) is 12.1 Å². The van der Waals surface area contributed by atoms with Gasteiger partial charge in [0.15, 0.2) is 0 Å². The normalized spacial score (nSPS) is 11.8. The summed E-state index contributed by atoms with van der Waals surface area (Å²) in [6.45, 7) is 0. The molecule has 0 saturated heterocycles. The Balaban J connectivity index is 2.96. The van der Waals surface area contributed by atoms with E-state index in [-0.39, 0.29) is 4.90 Å². The zero-order valence-electron chi connectivity index (χ0n) is 7.71. The number of benzene rings is 2. The summed E-state index contributed by atoms with van der Waals surface area (Å²) in [6.07, 6.45) is 0. The predicted molar refractivity (Wildman–Crippen MR) is 58.2 cm³/mol. The molecule has 0 aliphatic rings. The van der Waals surface area contributed by atoms with Gasteiger partial charge >= 0.3 is 0 Å². The van der Waals surface area contributed by atoms with Crippen LogP contribution in [-0.2, 0) is 10.1 Å². The van der Waals surface area contributed by atoms with Crippen molar-refractivity contribution in [2.45, 2.75) is 4.90 Å². The van der Waals surface area contributed by atoms with E-state index in [0.29, 0.717) is 16.5 Å². The third kappa shape index (κ3) is 1.67. The summed E-state index contributed by atoms with van der Waals surface area (Å²) in [5, 5.41) is 1.05. The Labute approximate surface area is 87.1 Å². The van der Waals surface area contributed by atoms with Gasteiger partial charge in [-0.3, -0.25) is 4.55 Å². The second kappa shape index (κ2) is 3.22. The van der Waals surface area contributed by atoms with Crippen LogP contribution in [0.4, 0.5) is 5.69 Å². The first-order chi connectivity index (χ1) is 7.00. The Morgan fingerprint density at radius 2 is 1.60 bits per heavy atom. The molecule has 0 amide bonds. The fraction of sp³-hybridized carbons (Fsp3) is 0. The van der Waals surface area contributed by atoms with Gasteiger partial charge in [0.25, 0.3) is 10.1 Å². The molecule has 0 atom stereocenters. The molecule has 0 fully saturated rings. The van der Waals surface area contributed by atoms with Gasteiger partial charge < -0.3 is 5.73 Å². The Hall–Kier alpha value is -1.59. The van der Waals surface area contributed by atoms with Gasteiger partial charge in [-0.1, -0.05) is 24.3 Å². The van der Waals surface area contributed by atoms with Crippen molar-refractivity contribution in [2.75, 3.05) is 5.73 Å². The molecule has 0 radical (unpaired) electrons. The van der Waals surface area contributed by atoms with Gasteiger partial charge in [0, 0.05) is 16.5 Å². The largest absolute Gasteiger partial charge is 0.398 e. The lowest BCUT2D eigenvalue weighted by atomic mass is 10.1. The standard InChI is InChI=1S/C10H9NO3S/c11-9-5-1-4-8-7(9)3-2-6-10(8)15(12,13)14/h1-6H,11H2,(H,12,13,14). The van der Waals surface area contributed by atoms with E-state index in [1.54, 1.807) is 30.3 Å². The van der Waals surface area contributed by atoms with Crippen LogP contribution in [0.5, 0.6) is 0 Å². The molecule has 2 rings (SSSR count). The molecule has 0 bridgehead atoms. The zero-order valence-corrected chi connectivity index (χ0v) is 8.53. The van der Waals surface area contributed by atoms with Crippen LogP contribution < -0.4 is 5.73 Å². The molecule has 0 aliphatic carbocycles. The summed E-state index contributed by atoms with van der Waals surface area (Å²) in [6, 6.07) is 9.52. The Kier molecular flexibility index (Phi) is 2.13. The van der Waals surface area contributed by atoms with E-state index in [9.17, 15) is 8.42 Å². The minimum Gasteiger partial charge on any atom is -0.398 e. The van der Waals surface area contributed by atoms with Gasteiger partial charge in [0.05, 0.1) is 0 Å². The van der Waals surface area contributed by atoms with Crippen LogP contribution >= 0.6 is 0 Å². The van der Waals surface area contributed by atoms with Gasteiger partial charge in [0.1, 0.15) is 4.90 Å². The molecule has 3 N–H and O–H groups in total. The highest BCUT2D eigenvalue weighted by Crippen LogP contribution is 2.26. The predicted octanol–water partition coefficient (Wildman–Crippen LogP) is 1.67. The smallest absolute Gasteiger partial charge is 0.295 e. The van der Waals surface area contributed by atoms with Crippen molar-refractivity contribution in [1.29, 1.82) is 0 Å². The second-order valence-corrected chi connectivity index (χ2v) is 4.56. The van der Waals surface area contributed by atoms with Crippen LogP contribution in [0.3, 0.4) is 0 Å². The highest BCUT2D eigenvalue weighted by atomic mass is 32.2. The topological polar surface area (TPSA) is 80.4 Å². The van der Waals surface area contributed by atoms with Crippen LogP contribution in [0.15, 0.2) is 41.3 Å². The van der Waals surface area contributed by atoms with E-state index in [1.807, 2.05) is 0 Å². The summed E-state index contributed by atoms with van der Waals surface area (Å²) in [4.78, 5) is -0.118. The fourth-order valence-corrected chi connectivity index (χ4v) is 2.24. The lowest BCUT2D eigenvalue weighted by molar-refractivity contribution is 0.484. The molecule has 0 heterocycles. The number of anilines is 1. The second-order valence-electron chi connectivity index (χ2n) is 3.17. The molecule has 0 aliphatic heterocycles. The zero-order chi connectivity index (χ0) is 11.1. The van der Waals surface area contributed by atoms with E-state index < -0.39 is 10.1 Å². The van der Waals surface area contributed by atoms with E-state index in [4.69, 9.17) is 10.3 Å². The molecule has 4 nitrogen and oxygen atoms in total. The Morgan fingerprint density at radius 1 is 1.00 bits per heavy atom. The molecule has 5 heteroatoms. The van der Waals surface area contributed by atoms with Crippen molar-refractivity contribution < 1.29 is 13.0 Å². The average Bonchev–Trinajstić information content (AvgIpc) is 2.16. The monoisotopic (exact) mass is 223 g/mol. The SMILES string of the molecule is Nc1cccc2c(S(=O)(=O)O)cccc12. The molecule has 2 aromatic carbocycles. The Bertz CT molecular complexity index is 620. The first kappa shape index (κ1) is 9.95. The molecule has 15 heavy (non-hydrogen) atoms. The van der Waals surface area contributed by atoms with Gasteiger partial charge in [-0.2, -0.15) is 8.42 Å². The van der Waals surface area contributed by atoms with Gasteiger partial charge in [-0.25, -0.2) is 0 Å². The molecule has 0 unspecified atom stereocenters. The Morgan fingerprint density at radius 3 is 2.27 bits per heavy atom. The minimum atomic E-state index is -4.20. The van der Waals surface area contributed by atoms with Crippen molar-refractivity contribution in [3.05, 3.63) is 36.4 Å². The van der Waals surface area contributed by atoms with E-state index in [2.05, 4.69) is 0 Å². The first-order valence-electron chi connectivity index (χ1n) is 4.25. The maximum Gasteiger partial charge on any atom is 0.295 e. The number of nitrogen functional groups attached to an aromatic ring is 1. The van der Waals surface area contributed by atoms with Crippen LogP contribution in [-0.4, -0.2) is 13.0 Å². The minimum absolute atomic E-state index is 0.118. The molecule has 0 saturated carbocycles. The highest BCUT2D eigenvalue weighted by Gasteiger charge is 2.13. The molecular weight excluding hydrogens is 214 g/mol. The molecular formula is C10H9NO3S. The molecule has 2 aromatic rings. The fourth-order valence-electron chi connectivity index (χ4n) is 1.53.